The first-order chi connectivity index (χ1) is 8.22. The SMILES string of the molecule is CCc1nnsc1C(=O)NCC1CCCC1Br. The molecule has 1 saturated carbocycles. The standard InChI is InChI=1S/C11H16BrN3OS/c1-2-9-10(17-15-14-9)11(16)13-6-7-4-3-5-8(7)12/h7-8H,2-6H2,1H3,(H,13,16). The Morgan fingerprint density at radius 2 is 2.41 bits per heavy atom. The number of hydrogen-bond donors (Lipinski definition) is 1. The van der Waals surface area contributed by atoms with Crippen LogP contribution in [0, 0.1) is 5.92 Å². The normalized spacial score (nSPS) is 23.9. The van der Waals surface area contributed by atoms with E-state index in [1.165, 1.54) is 30.8 Å². The van der Waals surface area contributed by atoms with E-state index in [9.17, 15) is 4.79 Å². The van der Waals surface area contributed by atoms with Gasteiger partial charge in [-0.1, -0.05) is 33.8 Å². The molecule has 0 bridgehead atoms. The lowest BCUT2D eigenvalue weighted by Crippen LogP contribution is -2.31. The lowest BCUT2D eigenvalue weighted by atomic mass is 10.1. The van der Waals surface area contributed by atoms with Crippen molar-refractivity contribution in [3.05, 3.63) is 10.6 Å². The topological polar surface area (TPSA) is 54.9 Å². The molecule has 0 aliphatic heterocycles. The molecule has 94 valence electrons. The summed E-state index contributed by atoms with van der Waals surface area (Å²) in [6.07, 6.45) is 4.41. The van der Waals surface area contributed by atoms with E-state index < -0.39 is 0 Å². The fourth-order valence-corrected chi connectivity index (χ4v) is 3.58. The maximum atomic E-state index is 12.0. The van der Waals surface area contributed by atoms with Gasteiger partial charge in [-0.15, -0.1) is 5.10 Å². The van der Waals surface area contributed by atoms with Crippen LogP contribution < -0.4 is 5.32 Å². The van der Waals surface area contributed by atoms with Crippen molar-refractivity contribution in [2.24, 2.45) is 5.92 Å². The van der Waals surface area contributed by atoms with Gasteiger partial charge in [-0.05, 0) is 36.7 Å². The van der Waals surface area contributed by atoms with Gasteiger partial charge in [0.15, 0.2) is 0 Å². The minimum atomic E-state index is -0.0246. The van der Waals surface area contributed by atoms with Crippen LogP contribution in [0.5, 0.6) is 0 Å². The molecule has 2 rings (SSSR count). The molecule has 0 aromatic carbocycles. The number of nitrogens with one attached hydrogen (secondary N) is 1. The maximum absolute atomic E-state index is 12.0. The molecule has 1 amide bonds. The highest BCUT2D eigenvalue weighted by Gasteiger charge is 2.25. The largest absolute Gasteiger partial charge is 0.351 e. The number of carbonyl (C=O) groups is 1. The molecular formula is C11H16BrN3OS. The number of rotatable bonds is 4. The summed E-state index contributed by atoms with van der Waals surface area (Å²) < 4.78 is 3.83. The minimum Gasteiger partial charge on any atom is -0.351 e. The Morgan fingerprint density at radius 1 is 1.59 bits per heavy atom. The number of carbonyl (C=O) groups excluding carboxylic acids is 1. The number of halogens is 1. The van der Waals surface area contributed by atoms with Crippen LogP contribution in [0.25, 0.3) is 0 Å². The summed E-state index contributed by atoms with van der Waals surface area (Å²) in [5, 5.41) is 6.94. The fourth-order valence-electron chi connectivity index (χ4n) is 2.14. The lowest BCUT2D eigenvalue weighted by Gasteiger charge is -2.14. The summed E-state index contributed by atoms with van der Waals surface area (Å²) >= 11 is 4.84. The lowest BCUT2D eigenvalue weighted by molar-refractivity contribution is 0.0951. The Morgan fingerprint density at radius 3 is 3.06 bits per heavy atom. The molecule has 0 spiro atoms. The summed E-state index contributed by atoms with van der Waals surface area (Å²) in [5.74, 6) is 0.536. The molecule has 1 aromatic heterocycles. The van der Waals surface area contributed by atoms with E-state index in [-0.39, 0.29) is 5.91 Å². The van der Waals surface area contributed by atoms with Crippen LogP contribution in [0.15, 0.2) is 0 Å². The molecule has 17 heavy (non-hydrogen) atoms. The molecule has 0 radical (unpaired) electrons. The average Bonchev–Trinajstić information content (AvgIpc) is 2.94. The third kappa shape index (κ3) is 3.04. The summed E-state index contributed by atoms with van der Waals surface area (Å²) in [7, 11) is 0. The Kier molecular flexibility index (Phi) is 4.50. The van der Waals surface area contributed by atoms with Gasteiger partial charge in [-0.3, -0.25) is 4.79 Å². The number of nitrogens with zero attached hydrogens (tertiary/aromatic N) is 2. The molecule has 0 saturated heterocycles. The van der Waals surface area contributed by atoms with E-state index in [4.69, 9.17) is 0 Å². The van der Waals surface area contributed by atoms with E-state index in [1.54, 1.807) is 0 Å². The highest BCUT2D eigenvalue weighted by molar-refractivity contribution is 9.09. The highest BCUT2D eigenvalue weighted by Crippen LogP contribution is 2.30. The molecule has 4 nitrogen and oxygen atoms in total. The van der Waals surface area contributed by atoms with Crippen molar-refractivity contribution in [2.75, 3.05) is 6.54 Å². The Labute approximate surface area is 113 Å². The summed E-state index contributed by atoms with van der Waals surface area (Å²) in [4.78, 5) is 13.2. The smallest absolute Gasteiger partial charge is 0.264 e. The second-order valence-corrected chi connectivity index (χ2v) is 6.25. The van der Waals surface area contributed by atoms with E-state index in [0.29, 0.717) is 15.6 Å². The molecule has 2 unspecified atom stereocenters. The van der Waals surface area contributed by atoms with E-state index in [1.807, 2.05) is 6.92 Å². The highest BCUT2D eigenvalue weighted by atomic mass is 79.9. The first-order valence-electron chi connectivity index (χ1n) is 5.95. The Balaban J connectivity index is 1.89. The molecule has 6 heteroatoms. The van der Waals surface area contributed by atoms with Crippen molar-refractivity contribution in [3.8, 4) is 0 Å². The third-order valence-electron chi connectivity index (χ3n) is 3.19. The second kappa shape index (κ2) is 5.91. The molecule has 1 N–H and O–H groups in total. The van der Waals surface area contributed by atoms with Gasteiger partial charge < -0.3 is 5.32 Å². The van der Waals surface area contributed by atoms with E-state index in [0.717, 1.165) is 18.7 Å². The van der Waals surface area contributed by atoms with Crippen molar-refractivity contribution in [3.63, 3.8) is 0 Å². The summed E-state index contributed by atoms with van der Waals surface area (Å²) in [6, 6.07) is 0. The van der Waals surface area contributed by atoms with Gasteiger partial charge in [0.1, 0.15) is 4.88 Å². The van der Waals surface area contributed by atoms with Crippen molar-refractivity contribution in [1.29, 1.82) is 0 Å². The first-order valence-corrected chi connectivity index (χ1v) is 7.64. The second-order valence-electron chi connectivity index (χ2n) is 4.32. The van der Waals surface area contributed by atoms with Crippen molar-refractivity contribution in [1.82, 2.24) is 14.9 Å². The Hall–Kier alpha value is -0.490. The molecule has 1 aliphatic rings. The minimum absolute atomic E-state index is 0.0246. The van der Waals surface area contributed by atoms with Crippen molar-refractivity contribution in [2.45, 2.75) is 37.4 Å². The molecule has 1 heterocycles. The van der Waals surface area contributed by atoms with E-state index in [2.05, 4.69) is 30.8 Å². The summed E-state index contributed by atoms with van der Waals surface area (Å²) in [5.41, 5.74) is 0.800. The molecule has 1 aromatic rings. The van der Waals surface area contributed by atoms with Gasteiger partial charge in [-0.25, -0.2) is 0 Å². The van der Waals surface area contributed by atoms with Crippen LogP contribution in [0.3, 0.4) is 0 Å². The molecule has 1 aliphatic carbocycles. The van der Waals surface area contributed by atoms with Gasteiger partial charge in [0, 0.05) is 11.4 Å². The number of alkyl halides is 1. The average molecular weight is 318 g/mol. The van der Waals surface area contributed by atoms with Crippen LogP contribution in [0.2, 0.25) is 0 Å². The first kappa shape index (κ1) is 13.0. The molecule has 1 fully saturated rings. The fraction of sp³-hybridized carbons (Fsp3) is 0.727. The zero-order valence-corrected chi connectivity index (χ0v) is 12.2. The monoisotopic (exact) mass is 317 g/mol. The van der Waals surface area contributed by atoms with Crippen LogP contribution >= 0.6 is 27.5 Å². The van der Waals surface area contributed by atoms with Gasteiger partial charge in [-0.2, -0.15) is 0 Å². The van der Waals surface area contributed by atoms with Crippen LogP contribution in [-0.2, 0) is 6.42 Å². The number of amides is 1. The number of hydrogen-bond acceptors (Lipinski definition) is 4. The number of aryl methyl sites for hydroxylation is 1. The van der Waals surface area contributed by atoms with Crippen LogP contribution in [-0.4, -0.2) is 26.9 Å². The zero-order chi connectivity index (χ0) is 12.3. The summed E-state index contributed by atoms with van der Waals surface area (Å²) in [6.45, 7) is 2.73. The van der Waals surface area contributed by atoms with Crippen LogP contribution in [0.1, 0.15) is 41.6 Å². The quantitative estimate of drug-likeness (QED) is 0.867. The predicted molar refractivity (Wildman–Crippen MR) is 71.7 cm³/mol. The van der Waals surface area contributed by atoms with Crippen molar-refractivity contribution >= 4 is 33.4 Å². The third-order valence-corrected chi connectivity index (χ3v) is 5.16. The van der Waals surface area contributed by atoms with Crippen LogP contribution in [0.4, 0.5) is 0 Å². The van der Waals surface area contributed by atoms with Gasteiger partial charge in [0.25, 0.3) is 5.91 Å². The van der Waals surface area contributed by atoms with E-state index >= 15 is 0 Å². The van der Waals surface area contributed by atoms with Gasteiger partial charge in [0.05, 0.1) is 5.69 Å². The Bertz CT molecular complexity index is 396. The zero-order valence-electron chi connectivity index (χ0n) is 9.78. The predicted octanol–water partition coefficient (Wildman–Crippen LogP) is 2.39. The maximum Gasteiger partial charge on any atom is 0.264 e. The van der Waals surface area contributed by atoms with Crippen molar-refractivity contribution < 1.29 is 4.79 Å². The van der Waals surface area contributed by atoms with Gasteiger partial charge in [0.2, 0.25) is 0 Å². The molecular weight excluding hydrogens is 302 g/mol. The number of aromatic nitrogens is 2. The molecule has 2 atom stereocenters. The van der Waals surface area contributed by atoms with Gasteiger partial charge >= 0.3 is 0 Å².